The summed E-state index contributed by atoms with van der Waals surface area (Å²) in [5.74, 6) is 1.51. The van der Waals surface area contributed by atoms with Gasteiger partial charge in [-0.3, -0.25) is 4.79 Å². The van der Waals surface area contributed by atoms with Gasteiger partial charge in [0.05, 0.1) is 11.1 Å². The van der Waals surface area contributed by atoms with E-state index in [0.717, 1.165) is 37.2 Å². The molecule has 148 valence electrons. The molecular formula is C21H20ClN5O2. The van der Waals surface area contributed by atoms with Crippen LogP contribution in [0.5, 0.6) is 0 Å². The molecule has 3 aromatic rings. The number of carbonyl (C=O) groups is 1. The quantitative estimate of drug-likeness (QED) is 0.658. The molecule has 1 aromatic carbocycles. The molecule has 1 amide bonds. The highest BCUT2D eigenvalue weighted by molar-refractivity contribution is 6.30. The van der Waals surface area contributed by atoms with Gasteiger partial charge < -0.3 is 14.3 Å². The van der Waals surface area contributed by atoms with Crippen LogP contribution in [-0.2, 0) is 10.2 Å². The Hall–Kier alpha value is -2.93. The summed E-state index contributed by atoms with van der Waals surface area (Å²) in [6.45, 7) is 2.75. The van der Waals surface area contributed by atoms with Crippen LogP contribution < -0.4 is 4.90 Å². The van der Waals surface area contributed by atoms with E-state index < -0.39 is 5.41 Å². The monoisotopic (exact) mass is 409 g/mol. The molecule has 1 aliphatic carbocycles. The second-order valence-electron chi connectivity index (χ2n) is 7.49. The fraction of sp³-hybridized carbons (Fsp3) is 0.333. The molecule has 0 atom stereocenters. The molecule has 2 aromatic heterocycles. The van der Waals surface area contributed by atoms with Gasteiger partial charge in [-0.15, -0.1) is 0 Å². The van der Waals surface area contributed by atoms with E-state index in [-0.39, 0.29) is 5.91 Å². The van der Waals surface area contributed by atoms with Crippen LogP contribution in [0.2, 0.25) is 5.02 Å². The average Bonchev–Trinajstić information content (AvgIpc) is 3.44. The van der Waals surface area contributed by atoms with E-state index in [9.17, 15) is 4.79 Å². The maximum atomic E-state index is 13.3. The van der Waals surface area contributed by atoms with Gasteiger partial charge in [0.2, 0.25) is 11.9 Å². The summed E-state index contributed by atoms with van der Waals surface area (Å²) in [4.78, 5) is 25.9. The maximum Gasteiger partial charge on any atom is 0.235 e. The Morgan fingerprint density at radius 2 is 1.72 bits per heavy atom. The Labute approximate surface area is 173 Å². The highest BCUT2D eigenvalue weighted by Gasteiger charge is 2.55. The number of aromatic nitrogens is 3. The molecule has 1 saturated carbocycles. The van der Waals surface area contributed by atoms with Gasteiger partial charge in [0.15, 0.2) is 5.76 Å². The number of nitrogens with zero attached hydrogens (tertiary/aromatic N) is 5. The van der Waals surface area contributed by atoms with Crippen LogP contribution in [0.15, 0.2) is 53.3 Å². The zero-order valence-corrected chi connectivity index (χ0v) is 16.5. The van der Waals surface area contributed by atoms with Crippen LogP contribution in [0.4, 0.5) is 5.95 Å². The minimum atomic E-state index is -0.542. The summed E-state index contributed by atoms with van der Waals surface area (Å²) in [5, 5.41) is 4.91. The molecular weight excluding hydrogens is 390 g/mol. The third-order valence-corrected chi connectivity index (χ3v) is 5.94. The van der Waals surface area contributed by atoms with Crippen LogP contribution in [0.3, 0.4) is 0 Å². The highest BCUT2D eigenvalue weighted by atomic mass is 35.5. The molecule has 2 aliphatic rings. The molecule has 2 fully saturated rings. The summed E-state index contributed by atoms with van der Waals surface area (Å²) in [6, 6.07) is 11.1. The van der Waals surface area contributed by atoms with E-state index in [0.29, 0.717) is 29.8 Å². The van der Waals surface area contributed by atoms with Crippen molar-refractivity contribution < 1.29 is 9.32 Å². The Morgan fingerprint density at radius 1 is 1.03 bits per heavy atom. The van der Waals surface area contributed by atoms with Gasteiger partial charge in [0, 0.05) is 55.2 Å². The van der Waals surface area contributed by atoms with Gasteiger partial charge >= 0.3 is 0 Å². The molecule has 8 heteroatoms. The number of hydrogen-bond acceptors (Lipinski definition) is 6. The third kappa shape index (κ3) is 3.35. The number of anilines is 1. The minimum absolute atomic E-state index is 0.141. The van der Waals surface area contributed by atoms with Crippen LogP contribution in [0, 0.1) is 0 Å². The van der Waals surface area contributed by atoms with Crippen LogP contribution in [0.1, 0.15) is 18.5 Å². The Bertz CT molecular complexity index is 1010. The number of carbonyl (C=O) groups excluding carboxylic acids is 1. The van der Waals surface area contributed by atoms with Crippen molar-refractivity contribution in [3.05, 3.63) is 59.5 Å². The van der Waals surface area contributed by atoms with Crippen molar-refractivity contribution in [3.8, 4) is 11.3 Å². The largest absolute Gasteiger partial charge is 0.356 e. The van der Waals surface area contributed by atoms with Crippen molar-refractivity contribution >= 4 is 23.5 Å². The highest BCUT2D eigenvalue weighted by Crippen LogP contribution is 2.50. The summed E-state index contributed by atoms with van der Waals surface area (Å²) in [5.41, 5.74) is 1.08. The summed E-state index contributed by atoms with van der Waals surface area (Å²) in [7, 11) is 0. The Balaban J connectivity index is 1.29. The van der Waals surface area contributed by atoms with Crippen molar-refractivity contribution in [3.63, 3.8) is 0 Å². The zero-order valence-electron chi connectivity index (χ0n) is 15.8. The lowest BCUT2D eigenvalue weighted by Gasteiger charge is -2.36. The van der Waals surface area contributed by atoms with E-state index in [1.807, 2.05) is 35.2 Å². The number of hydrogen-bond donors (Lipinski definition) is 0. The van der Waals surface area contributed by atoms with Gasteiger partial charge in [-0.2, -0.15) is 0 Å². The third-order valence-electron chi connectivity index (χ3n) is 5.69. The molecule has 1 aliphatic heterocycles. The number of rotatable bonds is 4. The standard InChI is InChI=1S/C21H20ClN5O2/c22-16-4-2-15(3-5-16)17-14-18(25-29-17)21(6-7-21)19(28)26-10-12-27(13-11-26)20-23-8-1-9-24-20/h1-5,8-9,14H,6-7,10-13H2. The Kier molecular flexibility index (Phi) is 4.47. The molecule has 7 nitrogen and oxygen atoms in total. The first-order valence-electron chi connectivity index (χ1n) is 9.70. The predicted octanol–water partition coefficient (Wildman–Crippen LogP) is 3.17. The molecule has 5 rings (SSSR count). The van der Waals surface area contributed by atoms with Crippen LogP contribution >= 0.6 is 11.6 Å². The normalized spacial score (nSPS) is 18.0. The number of benzene rings is 1. The van der Waals surface area contributed by atoms with Crippen LogP contribution in [0.25, 0.3) is 11.3 Å². The van der Waals surface area contributed by atoms with E-state index >= 15 is 0 Å². The fourth-order valence-electron chi connectivity index (χ4n) is 3.82. The Morgan fingerprint density at radius 3 is 2.38 bits per heavy atom. The lowest BCUT2D eigenvalue weighted by molar-refractivity contribution is -0.134. The van der Waals surface area contributed by atoms with Crippen molar-refractivity contribution in [2.75, 3.05) is 31.1 Å². The fourth-order valence-corrected chi connectivity index (χ4v) is 3.95. The van der Waals surface area contributed by atoms with Crippen molar-refractivity contribution in [2.24, 2.45) is 0 Å². The lowest BCUT2D eigenvalue weighted by atomic mass is 9.99. The molecule has 0 unspecified atom stereocenters. The van der Waals surface area contributed by atoms with Gasteiger partial charge in [0.25, 0.3) is 0 Å². The smallest absolute Gasteiger partial charge is 0.235 e. The first-order chi connectivity index (χ1) is 14.2. The van der Waals surface area contributed by atoms with Gasteiger partial charge in [0.1, 0.15) is 0 Å². The van der Waals surface area contributed by atoms with Crippen LogP contribution in [-0.4, -0.2) is 52.1 Å². The van der Waals surface area contributed by atoms with E-state index in [4.69, 9.17) is 16.1 Å². The molecule has 0 radical (unpaired) electrons. The molecule has 0 N–H and O–H groups in total. The zero-order chi connectivity index (χ0) is 19.8. The second-order valence-corrected chi connectivity index (χ2v) is 7.93. The number of piperazine rings is 1. The molecule has 1 saturated heterocycles. The van der Waals surface area contributed by atoms with E-state index in [2.05, 4.69) is 20.0 Å². The van der Waals surface area contributed by atoms with Gasteiger partial charge in [-0.25, -0.2) is 9.97 Å². The maximum absolute atomic E-state index is 13.3. The SMILES string of the molecule is O=C(N1CCN(c2ncccn2)CC1)C1(c2cc(-c3ccc(Cl)cc3)on2)CC1. The molecule has 0 bridgehead atoms. The van der Waals surface area contributed by atoms with E-state index in [1.165, 1.54) is 0 Å². The van der Waals surface area contributed by atoms with E-state index in [1.54, 1.807) is 18.5 Å². The molecule has 0 spiro atoms. The first kappa shape index (κ1) is 18.1. The average molecular weight is 410 g/mol. The summed E-state index contributed by atoms with van der Waals surface area (Å²) < 4.78 is 5.54. The first-order valence-corrected chi connectivity index (χ1v) is 10.1. The number of halogens is 1. The van der Waals surface area contributed by atoms with Gasteiger partial charge in [-0.1, -0.05) is 16.8 Å². The predicted molar refractivity (Wildman–Crippen MR) is 109 cm³/mol. The minimum Gasteiger partial charge on any atom is -0.356 e. The van der Waals surface area contributed by atoms with Crippen molar-refractivity contribution in [1.82, 2.24) is 20.0 Å². The second kappa shape index (κ2) is 7.15. The summed E-state index contributed by atoms with van der Waals surface area (Å²) in [6.07, 6.45) is 5.09. The number of amides is 1. The topological polar surface area (TPSA) is 75.4 Å². The molecule has 3 heterocycles. The van der Waals surface area contributed by atoms with Crippen molar-refractivity contribution in [1.29, 1.82) is 0 Å². The van der Waals surface area contributed by atoms with Gasteiger partial charge in [-0.05, 0) is 43.2 Å². The van der Waals surface area contributed by atoms with Crippen molar-refractivity contribution in [2.45, 2.75) is 18.3 Å². The lowest BCUT2D eigenvalue weighted by Crippen LogP contribution is -2.52. The summed E-state index contributed by atoms with van der Waals surface area (Å²) >= 11 is 5.96. The molecule has 29 heavy (non-hydrogen) atoms.